The summed E-state index contributed by atoms with van der Waals surface area (Å²) in [4.78, 5) is 13.2. The Morgan fingerprint density at radius 1 is 0.931 bits per heavy atom. The predicted octanol–water partition coefficient (Wildman–Crippen LogP) is 3.23. The van der Waals surface area contributed by atoms with Crippen molar-refractivity contribution in [2.24, 2.45) is 0 Å². The van der Waals surface area contributed by atoms with Crippen molar-refractivity contribution in [3.05, 3.63) is 35.5 Å². The lowest BCUT2D eigenvalue weighted by atomic mass is 9.99. The smallest absolute Gasteiger partial charge is 0.231 e. The van der Waals surface area contributed by atoms with Crippen LogP contribution in [0.4, 0.5) is 11.8 Å². The van der Waals surface area contributed by atoms with Crippen molar-refractivity contribution in [3.8, 4) is 11.5 Å². The standard InChI is InChI=1S/C22H31N5O2/c1-26-10-5-6-12-27(21-8-9-24-22(23)25-21)11-4-2-3-7-17-13-19-20(29-16-28-19)14-18(17)15-26/h8-9,13-14H,2-7,10-12,15-16H2,1H3,(H2,23,24,25). The monoisotopic (exact) mass is 397 g/mol. The first-order valence-corrected chi connectivity index (χ1v) is 10.6. The van der Waals surface area contributed by atoms with Gasteiger partial charge in [0.2, 0.25) is 12.7 Å². The summed E-state index contributed by atoms with van der Waals surface area (Å²) in [5.41, 5.74) is 8.56. The fraction of sp³-hybridized carbons (Fsp3) is 0.545. The van der Waals surface area contributed by atoms with E-state index in [0.717, 1.165) is 75.6 Å². The van der Waals surface area contributed by atoms with Crippen LogP contribution in [0.25, 0.3) is 0 Å². The third-order valence-electron chi connectivity index (χ3n) is 5.71. The molecule has 7 heteroatoms. The predicted molar refractivity (Wildman–Crippen MR) is 114 cm³/mol. The van der Waals surface area contributed by atoms with Gasteiger partial charge in [-0.3, -0.25) is 0 Å². The van der Waals surface area contributed by atoms with Crippen LogP contribution in [0.2, 0.25) is 0 Å². The van der Waals surface area contributed by atoms with Crippen LogP contribution in [0.3, 0.4) is 0 Å². The van der Waals surface area contributed by atoms with Crippen molar-refractivity contribution in [2.45, 2.75) is 45.1 Å². The first-order valence-electron chi connectivity index (χ1n) is 10.6. The Kier molecular flexibility index (Phi) is 6.34. The maximum Gasteiger partial charge on any atom is 0.231 e. The fourth-order valence-electron chi connectivity index (χ4n) is 4.14. The number of benzene rings is 1. The van der Waals surface area contributed by atoms with Crippen LogP contribution < -0.4 is 20.1 Å². The average Bonchev–Trinajstić information content (AvgIpc) is 3.16. The van der Waals surface area contributed by atoms with Crippen LogP contribution in [0.1, 0.15) is 43.2 Å². The zero-order valence-electron chi connectivity index (χ0n) is 17.3. The van der Waals surface area contributed by atoms with Crippen LogP contribution in [0, 0.1) is 0 Å². The third-order valence-corrected chi connectivity index (χ3v) is 5.71. The van der Waals surface area contributed by atoms with Gasteiger partial charge in [0.1, 0.15) is 5.82 Å². The lowest BCUT2D eigenvalue weighted by Crippen LogP contribution is -2.28. The second-order valence-corrected chi connectivity index (χ2v) is 7.99. The zero-order valence-corrected chi connectivity index (χ0v) is 17.3. The minimum absolute atomic E-state index is 0.331. The van der Waals surface area contributed by atoms with Crippen LogP contribution in [-0.4, -0.2) is 48.3 Å². The van der Waals surface area contributed by atoms with Crippen LogP contribution >= 0.6 is 0 Å². The highest BCUT2D eigenvalue weighted by Crippen LogP contribution is 2.36. The summed E-state index contributed by atoms with van der Waals surface area (Å²) in [7, 11) is 2.20. The Hall–Kier alpha value is -2.54. The van der Waals surface area contributed by atoms with Crippen molar-refractivity contribution in [2.75, 3.05) is 44.1 Å². The molecule has 0 amide bonds. The zero-order chi connectivity index (χ0) is 20.1. The van der Waals surface area contributed by atoms with E-state index in [9.17, 15) is 0 Å². The molecule has 0 atom stereocenters. The normalized spacial score (nSPS) is 18.9. The second kappa shape index (κ2) is 9.31. The summed E-state index contributed by atoms with van der Waals surface area (Å²) in [5, 5.41) is 0. The van der Waals surface area contributed by atoms with Gasteiger partial charge in [0.05, 0.1) is 0 Å². The molecule has 0 spiro atoms. The first kappa shape index (κ1) is 19.8. The van der Waals surface area contributed by atoms with E-state index >= 15 is 0 Å². The molecule has 0 saturated heterocycles. The topological polar surface area (TPSA) is 76.7 Å². The lowest BCUT2D eigenvalue weighted by Gasteiger charge is -2.25. The molecule has 29 heavy (non-hydrogen) atoms. The third kappa shape index (κ3) is 5.09. The number of ether oxygens (including phenoxy) is 2. The maximum absolute atomic E-state index is 5.80. The number of hydrogen-bond donors (Lipinski definition) is 1. The molecule has 7 nitrogen and oxygen atoms in total. The van der Waals surface area contributed by atoms with Crippen molar-refractivity contribution in [1.29, 1.82) is 0 Å². The number of nitrogens with zero attached hydrogens (tertiary/aromatic N) is 4. The molecule has 2 aliphatic rings. The van der Waals surface area contributed by atoms with Gasteiger partial charge in [-0.1, -0.05) is 6.42 Å². The molecule has 0 saturated carbocycles. The molecule has 0 fully saturated rings. The van der Waals surface area contributed by atoms with Crippen LogP contribution in [-0.2, 0) is 13.0 Å². The minimum Gasteiger partial charge on any atom is -0.454 e. The van der Waals surface area contributed by atoms with Crippen molar-refractivity contribution in [1.82, 2.24) is 14.9 Å². The summed E-state index contributed by atoms with van der Waals surface area (Å²) < 4.78 is 11.2. The van der Waals surface area contributed by atoms with Crippen LogP contribution in [0.5, 0.6) is 11.5 Å². The summed E-state index contributed by atoms with van der Waals surface area (Å²) in [6, 6.07) is 6.33. The maximum atomic E-state index is 5.80. The highest BCUT2D eigenvalue weighted by Gasteiger charge is 2.18. The molecule has 156 valence electrons. The largest absolute Gasteiger partial charge is 0.454 e. The Morgan fingerprint density at radius 3 is 2.45 bits per heavy atom. The molecule has 0 bridgehead atoms. The first-order chi connectivity index (χ1) is 14.2. The quantitative estimate of drug-likeness (QED) is 0.791. The lowest BCUT2D eigenvalue weighted by molar-refractivity contribution is 0.174. The Morgan fingerprint density at radius 2 is 1.66 bits per heavy atom. The molecule has 2 aromatic rings. The van der Waals surface area contributed by atoms with E-state index in [1.807, 2.05) is 6.07 Å². The van der Waals surface area contributed by atoms with Gasteiger partial charge in [0.15, 0.2) is 11.5 Å². The molecule has 2 aliphatic heterocycles. The number of fused-ring (bicyclic) bond motifs is 2. The van der Waals surface area contributed by atoms with E-state index in [2.05, 4.69) is 38.9 Å². The minimum atomic E-state index is 0.331. The molecule has 1 aromatic carbocycles. The van der Waals surface area contributed by atoms with Gasteiger partial charge in [0, 0.05) is 25.8 Å². The Labute approximate surface area is 172 Å². The number of aromatic nitrogens is 2. The summed E-state index contributed by atoms with van der Waals surface area (Å²) in [6.45, 7) is 4.34. The second-order valence-electron chi connectivity index (χ2n) is 7.99. The van der Waals surface area contributed by atoms with Crippen molar-refractivity contribution >= 4 is 11.8 Å². The number of aryl methyl sites for hydroxylation is 1. The molecule has 2 N–H and O–H groups in total. The molecule has 1 aromatic heterocycles. The van der Waals surface area contributed by atoms with E-state index in [4.69, 9.17) is 15.2 Å². The Balaban J connectivity index is 1.46. The fourth-order valence-corrected chi connectivity index (χ4v) is 4.14. The van der Waals surface area contributed by atoms with Gasteiger partial charge in [-0.05, 0) is 75.0 Å². The average molecular weight is 398 g/mol. The molecule has 4 rings (SSSR count). The molecular weight excluding hydrogens is 366 g/mol. The summed E-state index contributed by atoms with van der Waals surface area (Å²) >= 11 is 0. The number of rotatable bonds is 1. The van der Waals surface area contributed by atoms with Gasteiger partial charge in [-0.2, -0.15) is 4.98 Å². The number of anilines is 2. The van der Waals surface area contributed by atoms with Crippen molar-refractivity contribution < 1.29 is 9.47 Å². The van der Waals surface area contributed by atoms with Gasteiger partial charge < -0.3 is 25.0 Å². The molecule has 0 unspecified atom stereocenters. The SMILES string of the molecule is CN1CCCCN(c2ccnc(N)n2)CCCCCc2cc3c(cc2C1)OCO3. The highest BCUT2D eigenvalue weighted by molar-refractivity contribution is 5.49. The van der Waals surface area contributed by atoms with E-state index in [-0.39, 0.29) is 0 Å². The molecule has 0 radical (unpaired) electrons. The van der Waals surface area contributed by atoms with Gasteiger partial charge in [-0.25, -0.2) is 4.98 Å². The van der Waals surface area contributed by atoms with Crippen molar-refractivity contribution in [3.63, 3.8) is 0 Å². The summed E-state index contributed by atoms with van der Waals surface area (Å²) in [6.07, 6.45) is 8.58. The summed E-state index contributed by atoms with van der Waals surface area (Å²) in [5.74, 6) is 3.06. The number of nitrogens with two attached hydrogens (primary N) is 1. The van der Waals surface area contributed by atoms with Gasteiger partial charge in [-0.15, -0.1) is 0 Å². The Bertz CT molecular complexity index is 829. The van der Waals surface area contributed by atoms with Crippen LogP contribution in [0.15, 0.2) is 24.4 Å². The molecule has 0 aliphatic carbocycles. The molecule has 3 heterocycles. The van der Waals surface area contributed by atoms with E-state index < -0.39 is 0 Å². The number of hydrogen-bond acceptors (Lipinski definition) is 7. The van der Waals surface area contributed by atoms with E-state index in [1.54, 1.807) is 6.20 Å². The van der Waals surface area contributed by atoms with E-state index in [0.29, 0.717) is 12.7 Å². The van der Waals surface area contributed by atoms with Gasteiger partial charge >= 0.3 is 0 Å². The highest BCUT2D eigenvalue weighted by atomic mass is 16.7. The van der Waals surface area contributed by atoms with Gasteiger partial charge in [0.25, 0.3) is 0 Å². The van der Waals surface area contributed by atoms with E-state index in [1.165, 1.54) is 17.5 Å². The number of nitrogen functional groups attached to an aromatic ring is 1. The molecular formula is C22H31N5O2.